The van der Waals surface area contributed by atoms with Crippen molar-refractivity contribution in [2.45, 2.75) is 45.6 Å². The molecule has 0 bridgehead atoms. The van der Waals surface area contributed by atoms with Crippen LogP contribution in [0, 0.1) is 5.92 Å². The molecule has 98 valence electrons. The average molecular weight is 238 g/mol. The first-order chi connectivity index (χ1) is 8.20. The Labute approximate surface area is 105 Å². The van der Waals surface area contributed by atoms with Crippen molar-refractivity contribution in [2.75, 3.05) is 32.7 Å². The SMILES string of the molecule is CCN1CCN(CC2CCCCC2=O)CC1C. The Morgan fingerprint density at radius 2 is 2.12 bits per heavy atom. The van der Waals surface area contributed by atoms with Crippen LogP contribution in [0.4, 0.5) is 0 Å². The maximum atomic E-state index is 11.8. The van der Waals surface area contributed by atoms with Crippen LogP contribution in [0.3, 0.4) is 0 Å². The highest BCUT2D eigenvalue weighted by atomic mass is 16.1. The lowest BCUT2D eigenvalue weighted by molar-refractivity contribution is -0.125. The minimum Gasteiger partial charge on any atom is -0.300 e. The first-order valence-corrected chi connectivity index (χ1v) is 7.19. The molecule has 2 rings (SSSR count). The zero-order valence-corrected chi connectivity index (χ0v) is 11.3. The van der Waals surface area contributed by atoms with Gasteiger partial charge in [-0.15, -0.1) is 0 Å². The van der Waals surface area contributed by atoms with Crippen molar-refractivity contribution in [1.29, 1.82) is 0 Å². The zero-order chi connectivity index (χ0) is 12.3. The van der Waals surface area contributed by atoms with Gasteiger partial charge in [-0.3, -0.25) is 14.6 Å². The Morgan fingerprint density at radius 1 is 1.29 bits per heavy atom. The van der Waals surface area contributed by atoms with Gasteiger partial charge < -0.3 is 0 Å². The first-order valence-electron chi connectivity index (χ1n) is 7.19. The molecular weight excluding hydrogens is 212 g/mol. The number of ketones is 1. The third kappa shape index (κ3) is 3.29. The Balaban J connectivity index is 1.81. The van der Waals surface area contributed by atoms with Gasteiger partial charge in [0.05, 0.1) is 0 Å². The van der Waals surface area contributed by atoms with Gasteiger partial charge in [0, 0.05) is 44.6 Å². The van der Waals surface area contributed by atoms with E-state index >= 15 is 0 Å². The van der Waals surface area contributed by atoms with Crippen molar-refractivity contribution >= 4 is 5.78 Å². The molecule has 2 atom stereocenters. The van der Waals surface area contributed by atoms with Gasteiger partial charge in [-0.25, -0.2) is 0 Å². The molecule has 0 aromatic carbocycles. The summed E-state index contributed by atoms with van der Waals surface area (Å²) in [6.07, 6.45) is 4.33. The van der Waals surface area contributed by atoms with Crippen LogP contribution in [0.25, 0.3) is 0 Å². The highest BCUT2D eigenvalue weighted by Crippen LogP contribution is 2.22. The standard InChI is InChI=1S/C14H26N2O/c1-3-16-9-8-15(10-12(16)2)11-13-6-4-5-7-14(13)17/h12-13H,3-11H2,1-2H3. The zero-order valence-electron chi connectivity index (χ0n) is 11.3. The molecule has 2 fully saturated rings. The molecule has 2 aliphatic rings. The normalized spacial score (nSPS) is 32.9. The quantitative estimate of drug-likeness (QED) is 0.748. The molecule has 0 aromatic heterocycles. The maximum Gasteiger partial charge on any atom is 0.137 e. The van der Waals surface area contributed by atoms with Gasteiger partial charge in [-0.1, -0.05) is 13.3 Å². The Hall–Kier alpha value is -0.410. The Kier molecular flexibility index (Phi) is 4.57. The Bertz CT molecular complexity index is 267. The molecule has 17 heavy (non-hydrogen) atoms. The second-order valence-corrected chi connectivity index (χ2v) is 5.65. The van der Waals surface area contributed by atoms with Crippen LogP contribution >= 0.6 is 0 Å². The van der Waals surface area contributed by atoms with Gasteiger partial charge in [-0.2, -0.15) is 0 Å². The number of likely N-dealkylation sites (N-methyl/N-ethyl adjacent to an activating group) is 1. The van der Waals surface area contributed by atoms with Gasteiger partial charge in [0.25, 0.3) is 0 Å². The van der Waals surface area contributed by atoms with E-state index in [1.54, 1.807) is 0 Å². The van der Waals surface area contributed by atoms with E-state index in [1.165, 1.54) is 13.0 Å². The van der Waals surface area contributed by atoms with E-state index < -0.39 is 0 Å². The van der Waals surface area contributed by atoms with Crippen molar-refractivity contribution in [2.24, 2.45) is 5.92 Å². The summed E-state index contributed by atoms with van der Waals surface area (Å²) in [5, 5.41) is 0. The summed E-state index contributed by atoms with van der Waals surface area (Å²) in [5.74, 6) is 0.853. The minimum atomic E-state index is 0.337. The minimum absolute atomic E-state index is 0.337. The van der Waals surface area contributed by atoms with E-state index in [0.29, 0.717) is 17.7 Å². The third-order valence-electron chi connectivity index (χ3n) is 4.42. The summed E-state index contributed by atoms with van der Waals surface area (Å²) >= 11 is 0. The molecule has 1 aliphatic heterocycles. The lowest BCUT2D eigenvalue weighted by Gasteiger charge is -2.40. The van der Waals surface area contributed by atoms with Crippen LogP contribution in [-0.2, 0) is 4.79 Å². The van der Waals surface area contributed by atoms with Crippen molar-refractivity contribution in [3.63, 3.8) is 0 Å². The van der Waals surface area contributed by atoms with Gasteiger partial charge in [0.1, 0.15) is 5.78 Å². The second-order valence-electron chi connectivity index (χ2n) is 5.65. The van der Waals surface area contributed by atoms with Crippen molar-refractivity contribution < 1.29 is 4.79 Å². The highest BCUT2D eigenvalue weighted by molar-refractivity contribution is 5.81. The van der Waals surface area contributed by atoms with E-state index in [2.05, 4.69) is 23.6 Å². The van der Waals surface area contributed by atoms with E-state index in [4.69, 9.17) is 0 Å². The number of nitrogens with zero attached hydrogens (tertiary/aromatic N) is 2. The highest BCUT2D eigenvalue weighted by Gasteiger charge is 2.28. The third-order valence-corrected chi connectivity index (χ3v) is 4.42. The predicted molar refractivity (Wildman–Crippen MR) is 70.1 cm³/mol. The first kappa shape index (κ1) is 13.0. The van der Waals surface area contributed by atoms with Crippen LogP contribution in [0.15, 0.2) is 0 Å². The lowest BCUT2D eigenvalue weighted by atomic mass is 9.87. The molecule has 3 heteroatoms. The van der Waals surface area contributed by atoms with Crippen molar-refractivity contribution in [1.82, 2.24) is 9.80 Å². The van der Waals surface area contributed by atoms with E-state index in [0.717, 1.165) is 45.4 Å². The van der Waals surface area contributed by atoms with Gasteiger partial charge in [-0.05, 0) is 26.3 Å². The molecule has 0 N–H and O–H groups in total. The van der Waals surface area contributed by atoms with E-state index in [1.807, 2.05) is 0 Å². The number of Topliss-reactive ketones (excluding diaryl/α,β-unsaturated/α-hetero) is 1. The van der Waals surface area contributed by atoms with Crippen LogP contribution < -0.4 is 0 Å². The molecule has 0 aromatic rings. The largest absolute Gasteiger partial charge is 0.300 e. The fraction of sp³-hybridized carbons (Fsp3) is 0.929. The van der Waals surface area contributed by atoms with Crippen molar-refractivity contribution in [3.05, 3.63) is 0 Å². The van der Waals surface area contributed by atoms with Crippen molar-refractivity contribution in [3.8, 4) is 0 Å². The van der Waals surface area contributed by atoms with Gasteiger partial charge in [0.2, 0.25) is 0 Å². The number of rotatable bonds is 3. The molecule has 1 saturated carbocycles. The maximum absolute atomic E-state index is 11.8. The van der Waals surface area contributed by atoms with Crippen LogP contribution in [-0.4, -0.2) is 54.3 Å². The molecule has 3 nitrogen and oxygen atoms in total. The van der Waals surface area contributed by atoms with Crippen LogP contribution in [0.2, 0.25) is 0 Å². The molecule has 0 spiro atoms. The Morgan fingerprint density at radius 3 is 2.76 bits per heavy atom. The van der Waals surface area contributed by atoms with E-state index in [9.17, 15) is 4.79 Å². The second kappa shape index (κ2) is 5.96. The molecular formula is C14H26N2O. The predicted octanol–water partition coefficient (Wildman–Crippen LogP) is 1.77. The molecule has 1 heterocycles. The topological polar surface area (TPSA) is 23.6 Å². The fourth-order valence-electron chi connectivity index (χ4n) is 3.27. The molecule has 0 amide bonds. The number of hydrogen-bond acceptors (Lipinski definition) is 3. The number of piperazine rings is 1. The monoisotopic (exact) mass is 238 g/mol. The lowest BCUT2D eigenvalue weighted by Crippen LogP contribution is -2.53. The average Bonchev–Trinajstić information content (AvgIpc) is 2.32. The summed E-state index contributed by atoms with van der Waals surface area (Å²) in [4.78, 5) is 16.9. The summed E-state index contributed by atoms with van der Waals surface area (Å²) in [6, 6.07) is 0.646. The fourth-order valence-corrected chi connectivity index (χ4v) is 3.27. The number of carbonyl (C=O) groups is 1. The van der Waals surface area contributed by atoms with Crippen LogP contribution in [0.1, 0.15) is 39.5 Å². The summed E-state index contributed by atoms with van der Waals surface area (Å²) in [5.41, 5.74) is 0. The summed E-state index contributed by atoms with van der Waals surface area (Å²) in [7, 11) is 0. The number of carbonyl (C=O) groups excluding carboxylic acids is 1. The van der Waals surface area contributed by atoms with Gasteiger partial charge in [0.15, 0.2) is 0 Å². The molecule has 1 saturated heterocycles. The van der Waals surface area contributed by atoms with Gasteiger partial charge >= 0.3 is 0 Å². The summed E-state index contributed by atoms with van der Waals surface area (Å²) in [6.45, 7) is 10.1. The van der Waals surface area contributed by atoms with E-state index in [-0.39, 0.29) is 0 Å². The smallest absolute Gasteiger partial charge is 0.137 e. The molecule has 2 unspecified atom stereocenters. The van der Waals surface area contributed by atoms with Crippen LogP contribution in [0.5, 0.6) is 0 Å². The molecule has 1 aliphatic carbocycles. The molecule has 0 radical (unpaired) electrons. The number of hydrogen-bond donors (Lipinski definition) is 0. The summed E-state index contributed by atoms with van der Waals surface area (Å²) < 4.78 is 0.